The summed E-state index contributed by atoms with van der Waals surface area (Å²) in [4.78, 5) is 25.1. The van der Waals surface area contributed by atoms with E-state index in [1.54, 1.807) is 19.1 Å². The van der Waals surface area contributed by atoms with E-state index in [0.29, 0.717) is 11.3 Å². The maximum Gasteiger partial charge on any atom is 0.334 e. The van der Waals surface area contributed by atoms with Crippen molar-refractivity contribution in [1.82, 2.24) is 16.2 Å². The summed E-state index contributed by atoms with van der Waals surface area (Å²) in [6.45, 7) is 1.65. The molecule has 6 nitrogen and oxygen atoms in total. The molecule has 2 aromatic heterocycles. The lowest BCUT2D eigenvalue weighted by Gasteiger charge is -2.18. The number of thiophene rings is 1. The Balaban J connectivity index is 1.67. The second-order valence-electron chi connectivity index (χ2n) is 5.44. The number of carbonyl (C=O) groups excluding carboxylic acids is 2. The van der Waals surface area contributed by atoms with Crippen molar-refractivity contribution in [3.8, 4) is 0 Å². The molecule has 134 valence electrons. The van der Waals surface area contributed by atoms with Crippen LogP contribution in [0.4, 0.5) is 9.18 Å². The first-order valence-electron chi connectivity index (χ1n) is 7.74. The highest BCUT2D eigenvalue weighted by Gasteiger charge is 2.19. The lowest BCUT2D eigenvalue weighted by Crippen LogP contribution is -2.48. The van der Waals surface area contributed by atoms with Crippen molar-refractivity contribution in [2.75, 3.05) is 0 Å². The van der Waals surface area contributed by atoms with Crippen molar-refractivity contribution in [2.45, 2.75) is 13.0 Å². The topological polar surface area (TPSA) is 83.4 Å². The Morgan fingerprint density at radius 3 is 2.50 bits per heavy atom. The summed E-state index contributed by atoms with van der Waals surface area (Å²) < 4.78 is 18.2. The molecule has 0 aliphatic carbocycles. The molecule has 0 aliphatic heterocycles. The van der Waals surface area contributed by atoms with Crippen LogP contribution < -0.4 is 16.2 Å². The zero-order chi connectivity index (χ0) is 18.5. The van der Waals surface area contributed by atoms with E-state index in [9.17, 15) is 14.0 Å². The highest BCUT2D eigenvalue weighted by atomic mass is 32.1. The van der Waals surface area contributed by atoms with Crippen LogP contribution in [-0.2, 0) is 0 Å². The van der Waals surface area contributed by atoms with Gasteiger partial charge in [0.2, 0.25) is 0 Å². The molecular formula is C18H16FN3O3S. The van der Waals surface area contributed by atoms with Gasteiger partial charge in [0.15, 0.2) is 0 Å². The predicted molar refractivity (Wildman–Crippen MR) is 95.1 cm³/mol. The molecule has 0 saturated carbocycles. The van der Waals surface area contributed by atoms with Crippen molar-refractivity contribution < 1.29 is 18.4 Å². The number of hydrogen-bond acceptors (Lipinski definition) is 4. The smallest absolute Gasteiger partial charge is 0.334 e. The molecule has 0 spiro atoms. The van der Waals surface area contributed by atoms with Gasteiger partial charge in [0.25, 0.3) is 5.91 Å². The molecule has 3 aromatic rings. The first-order valence-corrected chi connectivity index (χ1v) is 8.62. The lowest BCUT2D eigenvalue weighted by atomic mass is 10.1. The van der Waals surface area contributed by atoms with E-state index in [-0.39, 0.29) is 5.82 Å². The number of hydrogen-bond donors (Lipinski definition) is 3. The zero-order valence-electron chi connectivity index (χ0n) is 13.8. The molecular weight excluding hydrogens is 357 g/mol. The summed E-state index contributed by atoms with van der Waals surface area (Å²) in [6, 6.07) is 10.0. The average molecular weight is 373 g/mol. The number of urea groups is 1. The van der Waals surface area contributed by atoms with Crippen LogP contribution >= 0.6 is 11.3 Å². The Morgan fingerprint density at radius 2 is 1.88 bits per heavy atom. The summed E-state index contributed by atoms with van der Waals surface area (Å²) >= 11 is 1.46. The third-order valence-electron chi connectivity index (χ3n) is 3.70. The second kappa shape index (κ2) is 7.83. The van der Waals surface area contributed by atoms with E-state index in [1.165, 1.54) is 35.8 Å². The molecule has 8 heteroatoms. The van der Waals surface area contributed by atoms with Gasteiger partial charge in [0.1, 0.15) is 11.6 Å². The summed E-state index contributed by atoms with van der Waals surface area (Å²) in [7, 11) is 0. The third-order valence-corrected chi connectivity index (χ3v) is 4.64. The molecule has 1 aromatic carbocycles. The van der Waals surface area contributed by atoms with Gasteiger partial charge in [0.05, 0.1) is 17.9 Å². The fourth-order valence-electron chi connectivity index (χ4n) is 2.40. The molecule has 0 aliphatic rings. The van der Waals surface area contributed by atoms with Crippen LogP contribution in [-0.4, -0.2) is 11.9 Å². The Labute approximate surface area is 153 Å². The molecule has 3 rings (SSSR count). The molecule has 3 N–H and O–H groups in total. The summed E-state index contributed by atoms with van der Waals surface area (Å²) in [5, 5.41) is 4.65. The summed E-state index contributed by atoms with van der Waals surface area (Å²) in [5.41, 5.74) is 5.69. The minimum Gasteiger partial charge on any atom is -0.469 e. The molecule has 1 atom stereocenters. The van der Waals surface area contributed by atoms with Crippen molar-refractivity contribution >= 4 is 23.3 Å². The van der Waals surface area contributed by atoms with Gasteiger partial charge >= 0.3 is 6.03 Å². The van der Waals surface area contributed by atoms with Crippen LogP contribution in [0.3, 0.4) is 0 Å². The van der Waals surface area contributed by atoms with E-state index in [1.807, 2.05) is 17.5 Å². The van der Waals surface area contributed by atoms with E-state index in [2.05, 4.69) is 16.2 Å². The maximum atomic E-state index is 13.2. The number of amides is 3. The van der Waals surface area contributed by atoms with Gasteiger partial charge in [-0.3, -0.25) is 10.2 Å². The first-order chi connectivity index (χ1) is 12.5. The fourth-order valence-corrected chi connectivity index (χ4v) is 3.20. The average Bonchev–Trinajstić information content (AvgIpc) is 3.30. The number of hydrazine groups is 1. The lowest BCUT2D eigenvalue weighted by molar-refractivity contribution is 0.0934. The molecule has 0 saturated heterocycles. The van der Waals surface area contributed by atoms with Crippen LogP contribution in [0.15, 0.2) is 58.5 Å². The molecule has 0 unspecified atom stereocenters. The van der Waals surface area contributed by atoms with Crippen molar-refractivity contribution in [3.63, 3.8) is 0 Å². The van der Waals surface area contributed by atoms with Crippen molar-refractivity contribution in [3.05, 3.63) is 81.7 Å². The quantitative estimate of drug-likeness (QED) is 0.612. The van der Waals surface area contributed by atoms with Gasteiger partial charge in [-0.05, 0) is 42.1 Å². The number of benzene rings is 1. The van der Waals surface area contributed by atoms with Crippen LogP contribution in [0, 0.1) is 12.7 Å². The SMILES string of the molecule is Cc1occc1C(=O)NNC(=O)N[C@H](c1ccc(F)cc1)c1cccs1. The van der Waals surface area contributed by atoms with Crippen LogP contribution in [0.1, 0.15) is 32.6 Å². The molecule has 0 bridgehead atoms. The van der Waals surface area contributed by atoms with Crippen LogP contribution in [0.25, 0.3) is 0 Å². The fraction of sp³-hybridized carbons (Fsp3) is 0.111. The Kier molecular flexibility index (Phi) is 5.33. The number of furan rings is 1. The predicted octanol–water partition coefficient (Wildman–Crippen LogP) is 3.52. The van der Waals surface area contributed by atoms with Gasteiger partial charge in [-0.15, -0.1) is 11.3 Å². The van der Waals surface area contributed by atoms with Gasteiger partial charge in [-0.1, -0.05) is 18.2 Å². The van der Waals surface area contributed by atoms with Crippen molar-refractivity contribution in [2.24, 2.45) is 0 Å². The maximum absolute atomic E-state index is 13.2. The van der Waals surface area contributed by atoms with Crippen LogP contribution in [0.5, 0.6) is 0 Å². The van der Waals surface area contributed by atoms with Gasteiger partial charge < -0.3 is 9.73 Å². The zero-order valence-corrected chi connectivity index (χ0v) is 14.6. The molecule has 0 fully saturated rings. The Bertz CT molecular complexity index is 891. The number of halogens is 1. The standard InChI is InChI=1S/C18H16FN3O3S/c1-11-14(8-9-25-11)17(23)21-22-18(24)20-16(15-3-2-10-26-15)12-4-6-13(19)7-5-12/h2-10,16H,1H3,(H,21,23)(H2,20,22,24)/t16-/m1/s1. The number of nitrogens with one attached hydrogen (secondary N) is 3. The minimum absolute atomic E-state index is 0.332. The molecule has 2 heterocycles. The van der Waals surface area contributed by atoms with Gasteiger partial charge in [0, 0.05) is 4.88 Å². The summed E-state index contributed by atoms with van der Waals surface area (Å²) in [6.07, 6.45) is 1.39. The van der Waals surface area contributed by atoms with E-state index < -0.39 is 18.0 Å². The monoisotopic (exact) mass is 373 g/mol. The Hall–Kier alpha value is -3.13. The van der Waals surface area contributed by atoms with E-state index in [4.69, 9.17) is 4.42 Å². The minimum atomic E-state index is -0.595. The summed E-state index contributed by atoms with van der Waals surface area (Å²) in [5.74, 6) is -0.390. The first kappa shape index (κ1) is 17.7. The molecule has 3 amide bonds. The van der Waals surface area contributed by atoms with Gasteiger partial charge in [-0.25, -0.2) is 14.6 Å². The highest BCUT2D eigenvalue weighted by Crippen LogP contribution is 2.26. The van der Waals surface area contributed by atoms with E-state index >= 15 is 0 Å². The largest absolute Gasteiger partial charge is 0.469 e. The van der Waals surface area contributed by atoms with Crippen molar-refractivity contribution in [1.29, 1.82) is 0 Å². The molecule has 0 radical (unpaired) electrons. The normalized spacial score (nSPS) is 11.6. The van der Waals surface area contributed by atoms with Gasteiger partial charge in [-0.2, -0.15) is 0 Å². The Morgan fingerprint density at radius 1 is 1.12 bits per heavy atom. The number of rotatable bonds is 4. The third kappa shape index (κ3) is 4.09. The van der Waals surface area contributed by atoms with Crippen LogP contribution in [0.2, 0.25) is 0 Å². The highest BCUT2D eigenvalue weighted by molar-refractivity contribution is 7.10. The number of aryl methyl sites for hydroxylation is 1. The number of carbonyl (C=O) groups is 2. The van der Waals surface area contributed by atoms with E-state index in [0.717, 1.165) is 10.4 Å². The second-order valence-corrected chi connectivity index (χ2v) is 6.42. The molecule has 26 heavy (non-hydrogen) atoms.